The average Bonchev–Trinajstić information content (AvgIpc) is 2.20. The third-order valence-corrected chi connectivity index (χ3v) is 4.43. The van der Waals surface area contributed by atoms with E-state index in [4.69, 9.17) is 0 Å². The maximum absolute atomic E-state index is 12.4. The Bertz CT molecular complexity index is 303. The molecular weight excluding hydrogens is 195 g/mol. The van der Waals surface area contributed by atoms with Crippen molar-refractivity contribution in [3.8, 4) is 0 Å². The zero-order chi connectivity index (χ0) is 10.4. The lowest BCUT2D eigenvalue weighted by Crippen LogP contribution is -2.29. The Morgan fingerprint density at radius 3 is 2.00 bits per heavy atom. The Morgan fingerprint density at radius 1 is 1.07 bits per heavy atom. The van der Waals surface area contributed by atoms with Crippen LogP contribution in [0.1, 0.15) is 13.8 Å². The van der Waals surface area contributed by atoms with Crippen LogP contribution in [0.15, 0.2) is 30.3 Å². The minimum absolute atomic E-state index is 0.694. The van der Waals surface area contributed by atoms with E-state index in [1.807, 2.05) is 44.2 Å². The van der Waals surface area contributed by atoms with E-state index in [1.54, 1.807) is 0 Å². The molecule has 0 amide bonds. The second-order valence-electron chi connectivity index (χ2n) is 2.97. The van der Waals surface area contributed by atoms with Gasteiger partial charge in [0.25, 0.3) is 0 Å². The van der Waals surface area contributed by atoms with E-state index in [0.29, 0.717) is 13.1 Å². The molecule has 0 heterocycles. The van der Waals surface area contributed by atoms with E-state index in [-0.39, 0.29) is 0 Å². The van der Waals surface area contributed by atoms with E-state index in [1.165, 1.54) is 0 Å². The van der Waals surface area contributed by atoms with Gasteiger partial charge in [-0.05, 0) is 12.1 Å². The third kappa shape index (κ3) is 2.68. The molecule has 0 aliphatic heterocycles. The first kappa shape index (κ1) is 11.4. The molecule has 0 aliphatic rings. The number of hydrogen-bond donors (Lipinski definition) is 2. The molecule has 2 N–H and O–H groups in total. The molecule has 0 bridgehead atoms. The molecule has 78 valence electrons. The molecule has 0 fully saturated rings. The van der Waals surface area contributed by atoms with Crippen LogP contribution in [-0.4, -0.2) is 13.1 Å². The van der Waals surface area contributed by atoms with Crippen LogP contribution in [0.25, 0.3) is 0 Å². The van der Waals surface area contributed by atoms with Gasteiger partial charge in [-0.3, -0.25) is 14.7 Å². The Balaban J connectivity index is 2.94. The summed E-state index contributed by atoms with van der Waals surface area (Å²) in [5, 5.41) is 6.88. The number of rotatable bonds is 5. The second-order valence-corrected chi connectivity index (χ2v) is 5.34. The molecule has 0 aromatic heterocycles. The largest absolute Gasteiger partial charge is 0.284 e. The second kappa shape index (κ2) is 5.30. The van der Waals surface area contributed by atoms with Gasteiger partial charge in [0.05, 0.1) is 0 Å². The van der Waals surface area contributed by atoms with Crippen LogP contribution >= 0.6 is 7.44 Å². The summed E-state index contributed by atoms with van der Waals surface area (Å²) >= 11 is 0. The highest BCUT2D eigenvalue weighted by molar-refractivity contribution is 7.67. The molecule has 0 atom stereocenters. The number of hydrogen-bond acceptors (Lipinski definition) is 1. The van der Waals surface area contributed by atoms with Crippen LogP contribution < -0.4 is 15.5 Å². The summed E-state index contributed by atoms with van der Waals surface area (Å²) in [6, 6.07) is 9.48. The molecule has 3 nitrogen and oxygen atoms in total. The van der Waals surface area contributed by atoms with Gasteiger partial charge in [-0.2, -0.15) is 0 Å². The molecule has 1 rings (SSSR count). The van der Waals surface area contributed by atoms with Crippen LogP contribution in [0.3, 0.4) is 0 Å². The topological polar surface area (TPSA) is 41.1 Å². The molecule has 0 radical (unpaired) electrons. The lowest BCUT2D eigenvalue weighted by Gasteiger charge is -2.19. The maximum Gasteiger partial charge on any atom is 0.240 e. The Hall–Kier alpha value is -0.630. The van der Waals surface area contributed by atoms with Gasteiger partial charge in [-0.15, -0.1) is 0 Å². The van der Waals surface area contributed by atoms with Crippen LogP contribution in [0, 0.1) is 0 Å². The minimum Gasteiger partial charge on any atom is -0.284 e. The van der Waals surface area contributed by atoms with E-state index in [0.717, 1.165) is 5.30 Å². The minimum atomic E-state index is -2.57. The lowest BCUT2D eigenvalue weighted by atomic mass is 10.4. The van der Waals surface area contributed by atoms with E-state index in [9.17, 15) is 4.57 Å². The molecular formula is C10H17N2OP. The van der Waals surface area contributed by atoms with Crippen molar-refractivity contribution in [3.05, 3.63) is 30.3 Å². The first-order chi connectivity index (χ1) is 6.73. The molecule has 1 aromatic rings. The highest BCUT2D eigenvalue weighted by atomic mass is 31.2. The third-order valence-electron chi connectivity index (χ3n) is 1.88. The van der Waals surface area contributed by atoms with E-state index >= 15 is 0 Å². The van der Waals surface area contributed by atoms with Gasteiger partial charge in [0.2, 0.25) is 7.44 Å². The molecule has 4 heteroatoms. The summed E-state index contributed by atoms with van der Waals surface area (Å²) in [6.07, 6.45) is 0. The molecule has 0 saturated heterocycles. The highest BCUT2D eigenvalue weighted by Gasteiger charge is 2.21. The Labute approximate surface area is 85.4 Å². The molecule has 0 saturated carbocycles. The predicted molar refractivity (Wildman–Crippen MR) is 61.0 cm³/mol. The summed E-state index contributed by atoms with van der Waals surface area (Å²) in [4.78, 5) is 0. The molecule has 1 aromatic carbocycles. The summed E-state index contributed by atoms with van der Waals surface area (Å²) in [7, 11) is -2.57. The van der Waals surface area contributed by atoms with Crippen molar-refractivity contribution in [3.63, 3.8) is 0 Å². The first-order valence-electron chi connectivity index (χ1n) is 4.89. The average molecular weight is 212 g/mol. The fourth-order valence-electron chi connectivity index (χ4n) is 1.32. The molecule has 14 heavy (non-hydrogen) atoms. The Morgan fingerprint density at radius 2 is 1.57 bits per heavy atom. The van der Waals surface area contributed by atoms with Crippen molar-refractivity contribution in [1.82, 2.24) is 10.2 Å². The first-order valence-corrected chi connectivity index (χ1v) is 6.59. The number of nitrogens with one attached hydrogen (secondary N) is 2. The van der Waals surface area contributed by atoms with Gasteiger partial charge < -0.3 is 0 Å². The fraction of sp³-hybridized carbons (Fsp3) is 0.400. The normalized spacial score (nSPS) is 11.6. The van der Waals surface area contributed by atoms with Crippen LogP contribution in [0.2, 0.25) is 0 Å². The van der Waals surface area contributed by atoms with Crippen molar-refractivity contribution in [2.75, 3.05) is 13.1 Å². The zero-order valence-corrected chi connectivity index (χ0v) is 9.55. The predicted octanol–water partition coefficient (Wildman–Crippen LogP) is 1.72. The van der Waals surface area contributed by atoms with E-state index < -0.39 is 7.44 Å². The zero-order valence-electron chi connectivity index (χ0n) is 8.66. The van der Waals surface area contributed by atoms with Crippen molar-refractivity contribution < 1.29 is 4.57 Å². The van der Waals surface area contributed by atoms with Crippen LogP contribution in [0.5, 0.6) is 0 Å². The van der Waals surface area contributed by atoms with Crippen molar-refractivity contribution in [2.45, 2.75) is 13.8 Å². The van der Waals surface area contributed by atoms with Gasteiger partial charge in [0.15, 0.2) is 0 Å². The van der Waals surface area contributed by atoms with Crippen molar-refractivity contribution in [2.24, 2.45) is 0 Å². The van der Waals surface area contributed by atoms with Gasteiger partial charge in [-0.25, -0.2) is 0 Å². The fourth-order valence-corrected chi connectivity index (χ4v) is 3.28. The summed E-state index contributed by atoms with van der Waals surface area (Å²) in [5.74, 6) is 0. The highest BCUT2D eigenvalue weighted by Crippen LogP contribution is 2.33. The van der Waals surface area contributed by atoms with Gasteiger partial charge >= 0.3 is 0 Å². The molecule has 0 spiro atoms. The van der Waals surface area contributed by atoms with Crippen molar-refractivity contribution >= 4 is 12.7 Å². The summed E-state index contributed by atoms with van der Waals surface area (Å²) < 4.78 is 12.4. The standard InChI is InChI=1S/C10H17N2OP/c1-3-11-14(13,12-4-2)10-8-6-5-7-9-10/h5-9H,3-4H2,1-2H3,(H2,11,12,13). The molecule has 0 unspecified atom stereocenters. The van der Waals surface area contributed by atoms with Gasteiger partial charge in [0.1, 0.15) is 0 Å². The van der Waals surface area contributed by atoms with Crippen LogP contribution in [0.4, 0.5) is 0 Å². The monoisotopic (exact) mass is 212 g/mol. The quantitative estimate of drug-likeness (QED) is 0.730. The smallest absolute Gasteiger partial charge is 0.240 e. The van der Waals surface area contributed by atoms with E-state index in [2.05, 4.69) is 10.2 Å². The van der Waals surface area contributed by atoms with Gasteiger partial charge in [0, 0.05) is 18.4 Å². The number of benzene rings is 1. The van der Waals surface area contributed by atoms with Crippen LogP contribution in [-0.2, 0) is 4.57 Å². The van der Waals surface area contributed by atoms with Crippen molar-refractivity contribution in [1.29, 1.82) is 0 Å². The SMILES string of the molecule is CCNP(=O)(NCC)c1ccccc1. The molecule has 0 aliphatic carbocycles. The maximum atomic E-state index is 12.4. The van der Waals surface area contributed by atoms with Gasteiger partial charge in [-0.1, -0.05) is 32.0 Å². The Kier molecular flexibility index (Phi) is 4.33. The summed E-state index contributed by atoms with van der Waals surface area (Å²) in [5.41, 5.74) is 0. The lowest BCUT2D eigenvalue weighted by molar-refractivity contribution is 0.563. The summed E-state index contributed by atoms with van der Waals surface area (Å²) in [6.45, 7) is 5.29.